The van der Waals surface area contributed by atoms with Gasteiger partial charge >= 0.3 is 0 Å². The molecule has 3 aromatic carbocycles. The summed E-state index contributed by atoms with van der Waals surface area (Å²) in [7, 11) is 0. The number of nitrogens with one attached hydrogen (secondary N) is 2. The Labute approximate surface area is 175 Å². The summed E-state index contributed by atoms with van der Waals surface area (Å²) in [5.41, 5.74) is 2.64. The standard InChI is InChI=1S/C23H22ClN3O2/c1-2-27(19-11-4-3-5-12-19)23(29)17-9-8-10-18(15-17)25-16-22(28)26-21-14-7-6-13-20(21)24/h3-15,25H,2,16H2,1H3,(H,26,28). The van der Waals surface area contributed by atoms with Crippen LogP contribution in [0.5, 0.6) is 0 Å². The van der Waals surface area contributed by atoms with E-state index >= 15 is 0 Å². The van der Waals surface area contributed by atoms with E-state index in [4.69, 9.17) is 11.6 Å². The number of rotatable bonds is 7. The van der Waals surface area contributed by atoms with Crippen molar-refractivity contribution in [2.45, 2.75) is 6.92 Å². The molecule has 0 unspecified atom stereocenters. The number of halogens is 1. The maximum atomic E-state index is 12.9. The van der Waals surface area contributed by atoms with Crippen LogP contribution in [-0.4, -0.2) is 24.9 Å². The van der Waals surface area contributed by atoms with Crippen LogP contribution in [0.1, 0.15) is 17.3 Å². The lowest BCUT2D eigenvalue weighted by atomic mass is 10.1. The van der Waals surface area contributed by atoms with E-state index in [0.717, 1.165) is 5.69 Å². The Morgan fingerprint density at radius 1 is 0.931 bits per heavy atom. The van der Waals surface area contributed by atoms with Gasteiger partial charge in [-0.2, -0.15) is 0 Å². The summed E-state index contributed by atoms with van der Waals surface area (Å²) >= 11 is 6.06. The zero-order chi connectivity index (χ0) is 20.6. The van der Waals surface area contributed by atoms with Crippen molar-refractivity contribution in [3.05, 3.63) is 89.4 Å². The Morgan fingerprint density at radius 2 is 1.66 bits per heavy atom. The monoisotopic (exact) mass is 407 g/mol. The van der Waals surface area contributed by atoms with Crippen molar-refractivity contribution in [2.75, 3.05) is 28.6 Å². The molecule has 148 valence electrons. The molecule has 0 radical (unpaired) electrons. The molecule has 0 aliphatic rings. The number of nitrogens with zero attached hydrogens (tertiary/aromatic N) is 1. The molecule has 0 saturated carbocycles. The summed E-state index contributed by atoms with van der Waals surface area (Å²) in [6, 6.07) is 23.7. The van der Waals surface area contributed by atoms with Crippen molar-refractivity contribution >= 4 is 40.5 Å². The minimum atomic E-state index is -0.228. The van der Waals surface area contributed by atoms with Gasteiger partial charge in [0, 0.05) is 23.5 Å². The van der Waals surface area contributed by atoms with Gasteiger partial charge in [0.05, 0.1) is 17.3 Å². The van der Waals surface area contributed by atoms with Crippen molar-refractivity contribution in [1.82, 2.24) is 0 Å². The molecule has 0 spiro atoms. The highest BCUT2D eigenvalue weighted by Gasteiger charge is 2.16. The van der Waals surface area contributed by atoms with Gasteiger partial charge in [0.25, 0.3) is 5.91 Å². The molecule has 2 N–H and O–H groups in total. The molecular formula is C23H22ClN3O2. The minimum absolute atomic E-state index is 0.0546. The summed E-state index contributed by atoms with van der Waals surface area (Å²) in [6.45, 7) is 2.55. The molecule has 6 heteroatoms. The first kappa shape index (κ1) is 20.4. The quantitative estimate of drug-likeness (QED) is 0.575. The molecule has 0 aliphatic heterocycles. The molecule has 0 saturated heterocycles. The Hall–Kier alpha value is -3.31. The van der Waals surface area contributed by atoms with Crippen LogP contribution in [0.2, 0.25) is 5.02 Å². The predicted octanol–water partition coefficient (Wildman–Crippen LogP) is 5.06. The first-order valence-corrected chi connectivity index (χ1v) is 9.71. The van der Waals surface area contributed by atoms with Crippen LogP contribution < -0.4 is 15.5 Å². The summed E-state index contributed by atoms with van der Waals surface area (Å²) in [6.07, 6.45) is 0. The topological polar surface area (TPSA) is 61.4 Å². The smallest absolute Gasteiger partial charge is 0.258 e. The van der Waals surface area contributed by atoms with E-state index in [2.05, 4.69) is 10.6 Å². The average Bonchev–Trinajstić information content (AvgIpc) is 2.75. The number of hydrogen-bond acceptors (Lipinski definition) is 3. The van der Waals surface area contributed by atoms with Gasteiger partial charge in [0.15, 0.2) is 0 Å². The third-order valence-electron chi connectivity index (χ3n) is 4.34. The van der Waals surface area contributed by atoms with E-state index < -0.39 is 0 Å². The van der Waals surface area contributed by atoms with Crippen molar-refractivity contribution in [3.63, 3.8) is 0 Å². The second kappa shape index (κ2) is 9.75. The first-order chi connectivity index (χ1) is 14.1. The lowest BCUT2D eigenvalue weighted by Crippen LogP contribution is -2.30. The number of carbonyl (C=O) groups is 2. The Bertz CT molecular complexity index is 992. The molecule has 2 amide bonds. The Kier molecular flexibility index (Phi) is 6.87. The van der Waals surface area contributed by atoms with Gasteiger partial charge in [-0.05, 0) is 49.4 Å². The molecule has 3 aromatic rings. The van der Waals surface area contributed by atoms with E-state index in [-0.39, 0.29) is 18.4 Å². The van der Waals surface area contributed by atoms with Crippen molar-refractivity contribution < 1.29 is 9.59 Å². The van der Waals surface area contributed by atoms with E-state index in [9.17, 15) is 9.59 Å². The number of amides is 2. The second-order valence-electron chi connectivity index (χ2n) is 6.35. The van der Waals surface area contributed by atoms with Crippen molar-refractivity contribution in [1.29, 1.82) is 0 Å². The van der Waals surface area contributed by atoms with E-state index in [0.29, 0.717) is 28.5 Å². The third kappa shape index (κ3) is 5.36. The maximum absolute atomic E-state index is 12.9. The fourth-order valence-corrected chi connectivity index (χ4v) is 3.09. The van der Waals surface area contributed by atoms with Crippen LogP contribution in [0.25, 0.3) is 0 Å². The Morgan fingerprint density at radius 3 is 2.38 bits per heavy atom. The average molecular weight is 408 g/mol. The number of carbonyl (C=O) groups excluding carboxylic acids is 2. The van der Waals surface area contributed by atoms with Crippen LogP contribution >= 0.6 is 11.6 Å². The Balaban J connectivity index is 1.65. The molecule has 0 aromatic heterocycles. The van der Waals surface area contributed by atoms with Gasteiger partial charge in [-0.25, -0.2) is 0 Å². The van der Waals surface area contributed by atoms with Gasteiger partial charge in [0.1, 0.15) is 0 Å². The molecule has 3 rings (SSSR count). The largest absolute Gasteiger partial charge is 0.376 e. The van der Waals surface area contributed by atoms with Gasteiger partial charge in [0.2, 0.25) is 5.91 Å². The summed E-state index contributed by atoms with van der Waals surface area (Å²) in [5.74, 6) is -0.322. The van der Waals surface area contributed by atoms with Crippen LogP contribution in [0, 0.1) is 0 Å². The van der Waals surface area contributed by atoms with Crippen LogP contribution in [0.4, 0.5) is 17.1 Å². The fraction of sp³-hybridized carbons (Fsp3) is 0.130. The molecule has 0 heterocycles. The van der Waals surface area contributed by atoms with Gasteiger partial charge in [-0.3, -0.25) is 9.59 Å². The number of anilines is 3. The second-order valence-corrected chi connectivity index (χ2v) is 6.75. The first-order valence-electron chi connectivity index (χ1n) is 9.33. The molecule has 0 atom stereocenters. The third-order valence-corrected chi connectivity index (χ3v) is 4.67. The van der Waals surface area contributed by atoms with Crippen molar-refractivity contribution in [2.24, 2.45) is 0 Å². The normalized spacial score (nSPS) is 10.3. The lowest BCUT2D eigenvalue weighted by molar-refractivity contribution is -0.114. The predicted molar refractivity (Wildman–Crippen MR) is 119 cm³/mol. The van der Waals surface area contributed by atoms with E-state index in [1.165, 1.54) is 0 Å². The molecule has 5 nitrogen and oxygen atoms in total. The molecule has 0 fully saturated rings. The lowest BCUT2D eigenvalue weighted by Gasteiger charge is -2.21. The zero-order valence-corrected chi connectivity index (χ0v) is 16.8. The highest BCUT2D eigenvalue weighted by molar-refractivity contribution is 6.33. The zero-order valence-electron chi connectivity index (χ0n) is 16.1. The van der Waals surface area contributed by atoms with Gasteiger partial charge < -0.3 is 15.5 Å². The highest BCUT2D eigenvalue weighted by Crippen LogP contribution is 2.21. The summed E-state index contributed by atoms with van der Waals surface area (Å²) < 4.78 is 0. The number of para-hydroxylation sites is 2. The van der Waals surface area contributed by atoms with E-state index in [1.54, 1.807) is 47.4 Å². The van der Waals surface area contributed by atoms with Gasteiger partial charge in [-0.1, -0.05) is 48.0 Å². The molecular weight excluding hydrogens is 386 g/mol. The van der Waals surface area contributed by atoms with Crippen LogP contribution in [0.15, 0.2) is 78.9 Å². The van der Waals surface area contributed by atoms with E-state index in [1.807, 2.05) is 43.3 Å². The summed E-state index contributed by atoms with van der Waals surface area (Å²) in [5, 5.41) is 6.29. The van der Waals surface area contributed by atoms with Crippen LogP contribution in [-0.2, 0) is 4.79 Å². The molecule has 0 bridgehead atoms. The molecule has 29 heavy (non-hydrogen) atoms. The van der Waals surface area contributed by atoms with Crippen LogP contribution in [0.3, 0.4) is 0 Å². The number of hydrogen-bond donors (Lipinski definition) is 2. The minimum Gasteiger partial charge on any atom is -0.376 e. The maximum Gasteiger partial charge on any atom is 0.258 e. The SMILES string of the molecule is CCN(C(=O)c1cccc(NCC(=O)Nc2ccccc2Cl)c1)c1ccccc1. The van der Waals surface area contributed by atoms with Gasteiger partial charge in [-0.15, -0.1) is 0 Å². The fourth-order valence-electron chi connectivity index (χ4n) is 2.91. The number of benzene rings is 3. The molecule has 0 aliphatic carbocycles. The summed E-state index contributed by atoms with van der Waals surface area (Å²) in [4.78, 5) is 26.9. The van der Waals surface area contributed by atoms with Crippen molar-refractivity contribution in [3.8, 4) is 0 Å². The highest BCUT2D eigenvalue weighted by atomic mass is 35.5.